The number of rotatable bonds is 6. The Bertz CT molecular complexity index is 1070. The van der Waals surface area contributed by atoms with Gasteiger partial charge in [0.1, 0.15) is 12.3 Å². The largest absolute Gasteiger partial charge is 0.573 e. The second-order valence-electron chi connectivity index (χ2n) is 8.25. The lowest BCUT2D eigenvalue weighted by molar-refractivity contribution is -0.274. The molecule has 35 heavy (non-hydrogen) atoms. The fraction of sp³-hybridized carbons (Fsp3) is 0.435. The Balaban J connectivity index is 1.53. The maximum absolute atomic E-state index is 13.3. The lowest BCUT2D eigenvalue weighted by Gasteiger charge is -2.34. The molecule has 3 heterocycles. The maximum atomic E-state index is 13.3. The lowest BCUT2D eigenvalue weighted by atomic mass is 9.97. The molecule has 3 aliphatic rings. The first-order valence-corrected chi connectivity index (χ1v) is 11.2. The van der Waals surface area contributed by atoms with E-state index in [1.165, 1.54) is 24.1 Å². The van der Waals surface area contributed by atoms with Crippen molar-refractivity contribution in [2.24, 2.45) is 4.99 Å². The fourth-order valence-electron chi connectivity index (χ4n) is 4.18. The molecule has 1 aromatic rings. The van der Waals surface area contributed by atoms with Gasteiger partial charge in [-0.2, -0.15) is 0 Å². The molecule has 0 fully saturated rings. The van der Waals surface area contributed by atoms with E-state index in [1.807, 2.05) is 0 Å². The third kappa shape index (κ3) is 6.20. The molecule has 188 valence electrons. The van der Waals surface area contributed by atoms with E-state index in [9.17, 15) is 22.8 Å². The highest BCUT2D eigenvalue weighted by molar-refractivity contribution is 6.02. The van der Waals surface area contributed by atoms with Crippen LogP contribution >= 0.6 is 0 Å². The summed E-state index contributed by atoms with van der Waals surface area (Å²) in [5.41, 5.74) is 3.13. The average molecular weight is 493 g/mol. The van der Waals surface area contributed by atoms with Crippen molar-refractivity contribution in [3.8, 4) is 5.75 Å². The van der Waals surface area contributed by atoms with Crippen LogP contribution in [0.3, 0.4) is 0 Å². The van der Waals surface area contributed by atoms with E-state index in [2.05, 4.69) is 26.8 Å². The zero-order chi connectivity index (χ0) is 25.0. The summed E-state index contributed by atoms with van der Waals surface area (Å²) in [4.78, 5) is 31.6. The molecule has 4 rings (SSSR count). The molecule has 3 N–H and O–H groups in total. The number of halogens is 3. The SMILES string of the molecule is COCC(NC(=O)N1CC(=O)NC2=C1N=C(C1=CCNCC1)CC2)c1ccc(OC(F)(F)F)cc1. The van der Waals surface area contributed by atoms with Crippen molar-refractivity contribution >= 4 is 17.6 Å². The van der Waals surface area contributed by atoms with Gasteiger partial charge in [0.25, 0.3) is 0 Å². The van der Waals surface area contributed by atoms with Crippen LogP contribution in [0.5, 0.6) is 5.75 Å². The number of ether oxygens (including phenoxy) is 2. The number of benzene rings is 1. The first-order valence-electron chi connectivity index (χ1n) is 11.2. The van der Waals surface area contributed by atoms with Gasteiger partial charge in [0.05, 0.1) is 18.3 Å². The van der Waals surface area contributed by atoms with Crippen LogP contribution < -0.4 is 20.7 Å². The van der Waals surface area contributed by atoms with Crippen LogP contribution in [0.15, 0.2) is 52.4 Å². The number of carbonyl (C=O) groups is 2. The van der Waals surface area contributed by atoms with Crippen LogP contribution in [0.25, 0.3) is 0 Å². The van der Waals surface area contributed by atoms with Crippen LogP contribution in [0.1, 0.15) is 30.9 Å². The van der Waals surface area contributed by atoms with Crippen LogP contribution in [-0.4, -0.2) is 62.3 Å². The highest BCUT2D eigenvalue weighted by Crippen LogP contribution is 2.28. The first kappa shape index (κ1) is 24.7. The monoisotopic (exact) mass is 493 g/mol. The summed E-state index contributed by atoms with van der Waals surface area (Å²) < 4.78 is 46.5. The van der Waals surface area contributed by atoms with Gasteiger partial charge in [-0.3, -0.25) is 9.69 Å². The van der Waals surface area contributed by atoms with E-state index >= 15 is 0 Å². The minimum absolute atomic E-state index is 0.0611. The van der Waals surface area contributed by atoms with Crippen molar-refractivity contribution < 1.29 is 32.2 Å². The molecule has 0 aromatic heterocycles. The summed E-state index contributed by atoms with van der Waals surface area (Å²) in [5, 5.41) is 8.88. The Kier molecular flexibility index (Phi) is 7.41. The van der Waals surface area contributed by atoms with Crippen LogP contribution in [0, 0.1) is 0 Å². The minimum atomic E-state index is -4.80. The molecular formula is C23H26F3N5O4. The number of nitrogens with zero attached hydrogens (tertiary/aromatic N) is 2. The van der Waals surface area contributed by atoms with Crippen molar-refractivity contribution in [2.45, 2.75) is 31.7 Å². The summed E-state index contributed by atoms with van der Waals surface area (Å²) in [6.07, 6.45) is -0.661. The molecule has 3 amide bonds. The smallest absolute Gasteiger partial charge is 0.406 e. The van der Waals surface area contributed by atoms with Crippen molar-refractivity contribution in [1.29, 1.82) is 0 Å². The Morgan fingerprint density at radius 3 is 2.66 bits per heavy atom. The summed E-state index contributed by atoms with van der Waals surface area (Å²) in [6.45, 7) is 1.46. The van der Waals surface area contributed by atoms with Gasteiger partial charge in [0.2, 0.25) is 5.91 Å². The summed E-state index contributed by atoms with van der Waals surface area (Å²) in [5.74, 6) is -0.300. The molecule has 3 aliphatic heterocycles. The molecule has 0 spiro atoms. The molecule has 0 aliphatic carbocycles. The first-order chi connectivity index (χ1) is 16.7. The summed E-state index contributed by atoms with van der Waals surface area (Å²) in [6, 6.07) is 3.92. The molecule has 12 heteroatoms. The average Bonchev–Trinajstić information content (AvgIpc) is 2.83. The molecule has 1 atom stereocenters. The molecule has 0 saturated heterocycles. The van der Waals surface area contributed by atoms with Gasteiger partial charge >= 0.3 is 12.4 Å². The third-order valence-electron chi connectivity index (χ3n) is 5.80. The fourth-order valence-corrected chi connectivity index (χ4v) is 4.18. The maximum Gasteiger partial charge on any atom is 0.573 e. The van der Waals surface area contributed by atoms with Gasteiger partial charge in [0.15, 0.2) is 5.82 Å². The number of nitrogens with one attached hydrogen (secondary N) is 3. The molecule has 1 aromatic carbocycles. The number of amides is 3. The molecular weight excluding hydrogens is 467 g/mol. The zero-order valence-corrected chi connectivity index (χ0v) is 19.1. The second-order valence-corrected chi connectivity index (χ2v) is 8.25. The summed E-state index contributed by atoms with van der Waals surface area (Å²) in [7, 11) is 1.44. The Hall–Kier alpha value is -3.38. The van der Waals surface area contributed by atoms with Crippen molar-refractivity contribution in [2.75, 3.05) is 33.4 Å². The highest BCUT2D eigenvalue weighted by Gasteiger charge is 2.34. The van der Waals surface area contributed by atoms with E-state index in [0.29, 0.717) is 29.9 Å². The van der Waals surface area contributed by atoms with Crippen molar-refractivity contribution in [3.63, 3.8) is 0 Å². The van der Waals surface area contributed by atoms with Crippen LogP contribution in [-0.2, 0) is 9.53 Å². The Labute approximate surface area is 200 Å². The van der Waals surface area contributed by atoms with Gasteiger partial charge in [-0.1, -0.05) is 18.2 Å². The highest BCUT2D eigenvalue weighted by atomic mass is 19.4. The topological polar surface area (TPSA) is 104 Å². The van der Waals surface area contributed by atoms with Crippen molar-refractivity contribution in [1.82, 2.24) is 20.9 Å². The van der Waals surface area contributed by atoms with E-state index in [4.69, 9.17) is 9.73 Å². The number of allylic oxidation sites excluding steroid dienone is 1. The van der Waals surface area contributed by atoms with Crippen molar-refractivity contribution in [3.05, 3.63) is 53.0 Å². The molecule has 1 unspecified atom stereocenters. The van der Waals surface area contributed by atoms with Crippen LogP contribution in [0.4, 0.5) is 18.0 Å². The van der Waals surface area contributed by atoms with E-state index in [-0.39, 0.29) is 24.8 Å². The van der Waals surface area contributed by atoms with Gasteiger partial charge in [-0.25, -0.2) is 9.79 Å². The van der Waals surface area contributed by atoms with Gasteiger partial charge in [0, 0.05) is 19.4 Å². The molecule has 9 nitrogen and oxygen atoms in total. The number of hydrogen-bond acceptors (Lipinski definition) is 6. The molecule has 0 radical (unpaired) electrons. The number of urea groups is 1. The predicted molar refractivity (Wildman–Crippen MR) is 120 cm³/mol. The Morgan fingerprint density at radius 2 is 2.00 bits per heavy atom. The van der Waals surface area contributed by atoms with Gasteiger partial charge in [-0.05, 0) is 49.1 Å². The van der Waals surface area contributed by atoms with E-state index < -0.39 is 18.4 Å². The zero-order valence-electron chi connectivity index (χ0n) is 19.1. The quantitative estimate of drug-likeness (QED) is 0.566. The van der Waals surface area contributed by atoms with Crippen LogP contribution in [0.2, 0.25) is 0 Å². The van der Waals surface area contributed by atoms with E-state index in [1.54, 1.807) is 0 Å². The predicted octanol–water partition coefficient (Wildman–Crippen LogP) is 2.74. The normalized spacial score (nSPS) is 19.3. The number of hydrogen-bond donors (Lipinski definition) is 3. The Morgan fingerprint density at radius 1 is 1.23 bits per heavy atom. The minimum Gasteiger partial charge on any atom is -0.406 e. The van der Waals surface area contributed by atoms with Gasteiger partial charge in [-0.15, -0.1) is 13.2 Å². The third-order valence-corrected chi connectivity index (χ3v) is 5.80. The molecule has 0 saturated carbocycles. The number of aliphatic imine (C=N–C) groups is 1. The number of methoxy groups -OCH3 is 1. The number of alkyl halides is 3. The van der Waals surface area contributed by atoms with E-state index in [0.717, 1.165) is 42.9 Å². The second kappa shape index (κ2) is 10.5. The number of carbonyl (C=O) groups excluding carboxylic acids is 2. The lowest BCUT2D eigenvalue weighted by Crippen LogP contribution is -2.51. The molecule has 0 bridgehead atoms. The van der Waals surface area contributed by atoms with Gasteiger partial charge < -0.3 is 25.4 Å². The standard InChI is InChI=1S/C23H26F3N5O4/c1-34-13-19(14-2-4-16(5-3-14)35-23(24,25)26)30-22(33)31-12-20(32)28-18-7-6-17(29-21(18)31)15-8-10-27-11-9-15/h2-5,8,19,27H,6-7,9-13H2,1H3,(H,28,32)(H,30,33). The summed E-state index contributed by atoms with van der Waals surface area (Å²) >= 11 is 0.